The molecule has 0 aromatic heterocycles. The Hall–Kier alpha value is -3.61. The van der Waals surface area contributed by atoms with E-state index >= 15 is 0 Å². The van der Waals surface area contributed by atoms with E-state index in [1.165, 1.54) is 0 Å². The van der Waals surface area contributed by atoms with Crippen LogP contribution in [-0.2, 0) is 14.3 Å². The summed E-state index contributed by atoms with van der Waals surface area (Å²) in [4.78, 5) is 56.4. The number of fused-ring (bicyclic) bond motifs is 3. The van der Waals surface area contributed by atoms with E-state index in [1.54, 1.807) is 60.7 Å². The van der Waals surface area contributed by atoms with Crippen molar-refractivity contribution in [3.8, 4) is 0 Å². The van der Waals surface area contributed by atoms with Gasteiger partial charge in [-0.3, -0.25) is 19.2 Å². The average molecular weight is 486 g/mol. The zero-order valence-electron chi connectivity index (χ0n) is 18.9. The number of halogens is 1. The van der Waals surface area contributed by atoms with Crippen molar-refractivity contribution in [3.05, 3.63) is 99.6 Å². The van der Waals surface area contributed by atoms with Crippen LogP contribution >= 0.6 is 11.6 Å². The first-order chi connectivity index (χ1) is 16.8. The molecule has 2 heterocycles. The standard InChI is InChI=1S/C28H20ClNO5/c1-14-10-12-16(13-11-14)30-26(33)20-21(27(30)34)28(24(31)17-7-3-4-8-18(17)25(28)32)35-23(20)19-9-5-6-15(2)22(19)29/h3-13,20-21,23H,1-2H3. The van der Waals surface area contributed by atoms with E-state index in [-0.39, 0.29) is 11.1 Å². The molecule has 6 nitrogen and oxygen atoms in total. The summed E-state index contributed by atoms with van der Waals surface area (Å²) in [6, 6.07) is 18.7. The van der Waals surface area contributed by atoms with Gasteiger partial charge in [0.15, 0.2) is 0 Å². The Morgan fingerprint density at radius 1 is 0.800 bits per heavy atom. The van der Waals surface area contributed by atoms with Gasteiger partial charge in [0.2, 0.25) is 29.0 Å². The highest BCUT2D eigenvalue weighted by Gasteiger charge is 2.74. The van der Waals surface area contributed by atoms with Crippen LogP contribution in [0.5, 0.6) is 0 Å². The predicted molar refractivity (Wildman–Crippen MR) is 129 cm³/mol. The average Bonchev–Trinajstić information content (AvgIpc) is 3.42. The van der Waals surface area contributed by atoms with Crippen molar-refractivity contribution in [3.63, 3.8) is 0 Å². The summed E-state index contributed by atoms with van der Waals surface area (Å²) in [5.74, 6) is -4.70. The van der Waals surface area contributed by atoms with Crippen molar-refractivity contribution in [1.82, 2.24) is 0 Å². The Labute approximate surface area is 206 Å². The van der Waals surface area contributed by atoms with Crippen molar-refractivity contribution in [1.29, 1.82) is 0 Å². The number of ether oxygens (including phenoxy) is 1. The number of anilines is 1. The number of ketones is 2. The largest absolute Gasteiger partial charge is 0.349 e. The van der Waals surface area contributed by atoms with Gasteiger partial charge in [-0.2, -0.15) is 0 Å². The first-order valence-electron chi connectivity index (χ1n) is 11.3. The third-order valence-corrected chi connectivity index (χ3v) is 7.86. The van der Waals surface area contributed by atoms with Gasteiger partial charge in [0, 0.05) is 21.7 Å². The Balaban J connectivity index is 1.57. The number of Topliss-reactive ketones (excluding diaryl/α,β-unsaturated/α-hetero) is 2. The summed E-state index contributed by atoms with van der Waals surface area (Å²) in [7, 11) is 0. The summed E-state index contributed by atoms with van der Waals surface area (Å²) in [6.07, 6.45) is -1.04. The lowest BCUT2D eigenvalue weighted by molar-refractivity contribution is -0.127. The number of carbonyl (C=O) groups is 4. The van der Waals surface area contributed by atoms with Crippen LogP contribution < -0.4 is 4.90 Å². The van der Waals surface area contributed by atoms with Crippen molar-refractivity contribution >= 4 is 40.7 Å². The molecule has 2 saturated heterocycles. The number of nitrogens with zero attached hydrogens (tertiary/aromatic N) is 1. The van der Waals surface area contributed by atoms with Gasteiger partial charge in [0.1, 0.15) is 0 Å². The molecule has 7 heteroatoms. The van der Waals surface area contributed by atoms with Gasteiger partial charge in [-0.15, -0.1) is 0 Å². The third-order valence-electron chi connectivity index (χ3n) is 7.34. The van der Waals surface area contributed by atoms with Gasteiger partial charge in [0.25, 0.3) is 0 Å². The molecule has 174 valence electrons. The smallest absolute Gasteiger partial charge is 0.241 e. The number of amides is 2. The first kappa shape index (κ1) is 21.9. The molecule has 2 amide bonds. The second kappa shape index (κ2) is 7.44. The van der Waals surface area contributed by atoms with Crippen LogP contribution in [0.15, 0.2) is 66.7 Å². The predicted octanol–water partition coefficient (Wildman–Crippen LogP) is 4.65. The molecular weight excluding hydrogens is 466 g/mol. The molecule has 0 radical (unpaired) electrons. The van der Waals surface area contributed by atoms with E-state index in [0.717, 1.165) is 16.0 Å². The summed E-state index contributed by atoms with van der Waals surface area (Å²) in [6.45, 7) is 3.72. The van der Waals surface area contributed by atoms with E-state index in [0.29, 0.717) is 16.3 Å². The third kappa shape index (κ3) is 2.75. The molecule has 2 fully saturated rings. The molecule has 3 aromatic rings. The number of imide groups is 1. The molecule has 3 unspecified atom stereocenters. The number of hydrogen-bond donors (Lipinski definition) is 0. The molecular formula is C28H20ClNO5. The van der Waals surface area contributed by atoms with E-state index in [9.17, 15) is 19.2 Å². The van der Waals surface area contributed by atoms with E-state index in [2.05, 4.69) is 0 Å². The molecule has 3 atom stereocenters. The highest BCUT2D eigenvalue weighted by atomic mass is 35.5. The highest BCUT2D eigenvalue weighted by molar-refractivity contribution is 6.37. The maximum Gasteiger partial charge on any atom is 0.241 e. The zero-order valence-corrected chi connectivity index (χ0v) is 19.7. The van der Waals surface area contributed by atoms with Gasteiger partial charge >= 0.3 is 0 Å². The quantitative estimate of drug-likeness (QED) is 0.390. The van der Waals surface area contributed by atoms with Crippen molar-refractivity contribution in [2.75, 3.05) is 4.90 Å². The van der Waals surface area contributed by atoms with Crippen LogP contribution in [0.1, 0.15) is 43.5 Å². The molecule has 3 aromatic carbocycles. The minimum Gasteiger partial charge on any atom is -0.349 e. The molecule has 3 aliphatic rings. The second-order valence-electron chi connectivity index (χ2n) is 9.31. The SMILES string of the molecule is Cc1ccc(N2C(=O)C3C(c4cccc(C)c4Cl)OC4(C(=O)c5ccccc5C4=O)C3C2=O)cc1. The molecule has 0 bridgehead atoms. The van der Waals surface area contributed by atoms with E-state index in [4.69, 9.17) is 16.3 Å². The summed E-state index contributed by atoms with van der Waals surface area (Å²) < 4.78 is 6.30. The molecule has 6 rings (SSSR count). The van der Waals surface area contributed by atoms with Crippen LogP contribution in [0, 0.1) is 25.7 Å². The number of benzene rings is 3. The number of aryl methyl sites for hydroxylation is 2. The monoisotopic (exact) mass is 485 g/mol. The van der Waals surface area contributed by atoms with Gasteiger partial charge in [-0.25, -0.2) is 4.90 Å². The summed E-state index contributed by atoms with van der Waals surface area (Å²) in [5.41, 5.74) is 0.862. The summed E-state index contributed by atoms with van der Waals surface area (Å²) >= 11 is 6.62. The Bertz CT molecular complexity index is 1430. The molecule has 0 N–H and O–H groups in total. The molecule has 35 heavy (non-hydrogen) atoms. The Morgan fingerprint density at radius 2 is 1.43 bits per heavy atom. The van der Waals surface area contributed by atoms with Crippen LogP contribution in [0.3, 0.4) is 0 Å². The van der Waals surface area contributed by atoms with Crippen LogP contribution in [0.2, 0.25) is 5.02 Å². The maximum absolute atomic E-state index is 13.9. The first-order valence-corrected chi connectivity index (χ1v) is 11.7. The van der Waals surface area contributed by atoms with Gasteiger partial charge in [-0.1, -0.05) is 71.8 Å². The Morgan fingerprint density at radius 3 is 2.06 bits per heavy atom. The van der Waals surface area contributed by atoms with Gasteiger partial charge < -0.3 is 4.74 Å². The fourth-order valence-corrected chi connectivity index (χ4v) is 5.87. The van der Waals surface area contributed by atoms with Crippen molar-refractivity contribution < 1.29 is 23.9 Å². The number of hydrogen-bond acceptors (Lipinski definition) is 5. The highest BCUT2D eigenvalue weighted by Crippen LogP contribution is 2.58. The second-order valence-corrected chi connectivity index (χ2v) is 9.68. The van der Waals surface area contributed by atoms with Gasteiger partial charge in [-0.05, 0) is 31.5 Å². The lowest BCUT2D eigenvalue weighted by Crippen LogP contribution is -2.51. The van der Waals surface area contributed by atoms with Crippen LogP contribution in [-0.4, -0.2) is 29.0 Å². The van der Waals surface area contributed by atoms with E-state index < -0.39 is 46.9 Å². The van der Waals surface area contributed by atoms with E-state index in [1.807, 2.05) is 19.9 Å². The topological polar surface area (TPSA) is 80.8 Å². The molecule has 1 spiro atoms. The fourth-order valence-electron chi connectivity index (χ4n) is 5.64. The van der Waals surface area contributed by atoms with Crippen LogP contribution in [0.25, 0.3) is 0 Å². The lowest BCUT2D eigenvalue weighted by Gasteiger charge is -2.27. The fraction of sp³-hybridized carbons (Fsp3) is 0.214. The Kier molecular flexibility index (Phi) is 4.66. The normalized spacial score (nSPS) is 24.4. The van der Waals surface area contributed by atoms with Crippen molar-refractivity contribution in [2.24, 2.45) is 11.8 Å². The molecule has 1 aliphatic carbocycles. The summed E-state index contributed by atoms with van der Waals surface area (Å²) in [5, 5.41) is 0.373. The maximum atomic E-state index is 13.9. The lowest BCUT2D eigenvalue weighted by atomic mass is 9.77. The molecule has 0 saturated carbocycles. The zero-order chi connectivity index (χ0) is 24.6. The van der Waals surface area contributed by atoms with Crippen molar-refractivity contribution in [2.45, 2.75) is 25.6 Å². The number of carbonyl (C=O) groups excluding carboxylic acids is 4. The minimum atomic E-state index is -2.11. The van der Waals surface area contributed by atoms with Gasteiger partial charge in [0.05, 0.1) is 23.6 Å². The van der Waals surface area contributed by atoms with Crippen LogP contribution in [0.4, 0.5) is 5.69 Å². The molecule has 2 aliphatic heterocycles. The minimum absolute atomic E-state index is 0.196. The number of rotatable bonds is 2.